The molecule has 7 nitrogen and oxygen atoms in total. The van der Waals surface area contributed by atoms with E-state index in [4.69, 9.17) is 15.1 Å². The summed E-state index contributed by atoms with van der Waals surface area (Å²) in [6.07, 6.45) is 4.18. The number of aliphatic hydroxyl groups is 1. The van der Waals surface area contributed by atoms with Crippen molar-refractivity contribution in [3.05, 3.63) is 17.8 Å². The van der Waals surface area contributed by atoms with Crippen LogP contribution >= 0.6 is 0 Å². The van der Waals surface area contributed by atoms with Gasteiger partial charge in [-0.15, -0.1) is 0 Å². The Labute approximate surface area is 129 Å². The molecule has 0 unspecified atom stereocenters. The fourth-order valence-corrected chi connectivity index (χ4v) is 2.93. The monoisotopic (exact) mass is 325 g/mol. The quantitative estimate of drug-likeness (QED) is 0.847. The largest absolute Gasteiger partial charge is 0.476 e. The molecule has 0 radical (unpaired) electrons. The zero-order valence-electron chi connectivity index (χ0n) is 12.3. The summed E-state index contributed by atoms with van der Waals surface area (Å²) >= 11 is 0. The number of hydrogen-bond acceptors (Lipinski definition) is 6. The summed E-state index contributed by atoms with van der Waals surface area (Å²) in [4.78, 5) is 3.66. The zero-order valence-corrected chi connectivity index (χ0v) is 13.1. The topological polar surface area (TPSA) is 126 Å². The third-order valence-electron chi connectivity index (χ3n) is 3.91. The minimum Gasteiger partial charge on any atom is -0.476 e. The third-order valence-corrected chi connectivity index (χ3v) is 4.79. The third kappa shape index (κ3) is 4.16. The number of pyridine rings is 1. The summed E-state index contributed by atoms with van der Waals surface area (Å²) in [5.74, 6) is 0.388. The van der Waals surface area contributed by atoms with Crippen molar-refractivity contribution in [3.63, 3.8) is 0 Å². The van der Waals surface area contributed by atoms with Crippen molar-refractivity contribution >= 4 is 10.0 Å². The van der Waals surface area contributed by atoms with Gasteiger partial charge in [0.1, 0.15) is 16.5 Å². The van der Waals surface area contributed by atoms with E-state index < -0.39 is 15.6 Å². The molecule has 1 heterocycles. The Morgan fingerprint density at radius 3 is 2.73 bits per heavy atom. The van der Waals surface area contributed by atoms with Crippen molar-refractivity contribution in [1.82, 2.24) is 4.98 Å². The molecule has 1 fully saturated rings. The molecule has 8 heteroatoms. The van der Waals surface area contributed by atoms with Gasteiger partial charge in [-0.3, -0.25) is 0 Å². The Balaban J connectivity index is 2.03. The fraction of sp³-hybridized carbons (Fsp3) is 0.571. The highest BCUT2D eigenvalue weighted by molar-refractivity contribution is 7.89. The molecule has 0 saturated heterocycles. The number of rotatable bonds is 4. The van der Waals surface area contributed by atoms with Crippen LogP contribution in [-0.4, -0.2) is 30.7 Å². The van der Waals surface area contributed by atoms with E-state index in [1.54, 1.807) is 0 Å². The van der Waals surface area contributed by atoms with Crippen LogP contribution in [0.3, 0.4) is 0 Å². The van der Waals surface area contributed by atoms with E-state index in [1.807, 2.05) is 13.0 Å². The number of primary sulfonamides is 1. The Morgan fingerprint density at radius 2 is 2.18 bits per heavy atom. The summed E-state index contributed by atoms with van der Waals surface area (Å²) in [5.41, 5.74) is -0.571. The van der Waals surface area contributed by atoms with Gasteiger partial charge in [-0.1, -0.05) is 0 Å². The second kappa shape index (κ2) is 6.20. The minimum atomic E-state index is -3.90. The van der Waals surface area contributed by atoms with Gasteiger partial charge in [0.2, 0.25) is 15.9 Å². The molecule has 2 rings (SSSR count). The van der Waals surface area contributed by atoms with Crippen LogP contribution in [0.15, 0.2) is 17.2 Å². The van der Waals surface area contributed by atoms with Crippen LogP contribution in [0.25, 0.3) is 0 Å². The SMILES string of the molecule is CC1(O)CCC(COc2ncc(S(N)(=O)=O)cc2C#N)CC1. The normalized spacial score (nSPS) is 25.5. The van der Waals surface area contributed by atoms with Crippen molar-refractivity contribution in [2.75, 3.05) is 6.61 Å². The van der Waals surface area contributed by atoms with Crippen LogP contribution in [0.1, 0.15) is 38.2 Å². The van der Waals surface area contributed by atoms with Gasteiger partial charge in [-0.05, 0) is 44.6 Å². The van der Waals surface area contributed by atoms with Gasteiger partial charge in [-0.2, -0.15) is 5.26 Å². The number of sulfonamides is 1. The van der Waals surface area contributed by atoms with Gasteiger partial charge >= 0.3 is 0 Å². The fourth-order valence-electron chi connectivity index (χ4n) is 2.45. The molecule has 1 aliphatic carbocycles. The van der Waals surface area contributed by atoms with Crippen LogP contribution in [0.4, 0.5) is 0 Å². The van der Waals surface area contributed by atoms with Gasteiger partial charge in [0.15, 0.2) is 0 Å². The number of hydrogen-bond donors (Lipinski definition) is 2. The highest BCUT2D eigenvalue weighted by Gasteiger charge is 2.29. The molecule has 0 bridgehead atoms. The number of ether oxygens (including phenoxy) is 1. The van der Waals surface area contributed by atoms with E-state index in [-0.39, 0.29) is 22.3 Å². The summed E-state index contributed by atoms with van der Waals surface area (Å²) in [6.45, 7) is 2.21. The molecule has 0 spiro atoms. The molecule has 1 aliphatic rings. The van der Waals surface area contributed by atoms with Gasteiger partial charge in [0.05, 0.1) is 18.4 Å². The van der Waals surface area contributed by atoms with Gasteiger partial charge in [0, 0.05) is 0 Å². The number of nitrogens with two attached hydrogens (primary N) is 1. The second-order valence-corrected chi connectivity index (χ2v) is 7.49. The van der Waals surface area contributed by atoms with E-state index in [2.05, 4.69) is 4.98 Å². The Kier molecular flexibility index (Phi) is 4.70. The first kappa shape index (κ1) is 16.7. The van der Waals surface area contributed by atoms with Crippen molar-refractivity contribution in [2.24, 2.45) is 11.1 Å². The van der Waals surface area contributed by atoms with Gasteiger partial charge in [-0.25, -0.2) is 18.5 Å². The Hall–Kier alpha value is -1.69. The van der Waals surface area contributed by atoms with Crippen LogP contribution in [-0.2, 0) is 10.0 Å². The molecule has 0 aliphatic heterocycles. The van der Waals surface area contributed by atoms with E-state index in [0.29, 0.717) is 19.4 Å². The first-order valence-corrected chi connectivity index (χ1v) is 8.54. The molecule has 3 N–H and O–H groups in total. The maximum Gasteiger partial charge on any atom is 0.239 e. The highest BCUT2D eigenvalue weighted by atomic mass is 32.2. The number of nitriles is 1. The summed E-state index contributed by atoms with van der Waals surface area (Å²) < 4.78 is 28.0. The highest BCUT2D eigenvalue weighted by Crippen LogP contribution is 2.32. The lowest BCUT2D eigenvalue weighted by Crippen LogP contribution is -2.32. The lowest BCUT2D eigenvalue weighted by molar-refractivity contribution is 0.00126. The van der Waals surface area contributed by atoms with Crippen LogP contribution in [0.5, 0.6) is 5.88 Å². The molecule has 22 heavy (non-hydrogen) atoms. The molecule has 1 saturated carbocycles. The maximum absolute atomic E-state index is 11.2. The lowest BCUT2D eigenvalue weighted by atomic mass is 9.80. The van der Waals surface area contributed by atoms with Crippen LogP contribution in [0.2, 0.25) is 0 Å². The molecular formula is C14H19N3O4S. The summed E-state index contributed by atoms with van der Waals surface area (Å²) in [7, 11) is -3.90. The lowest BCUT2D eigenvalue weighted by Gasteiger charge is -2.32. The van der Waals surface area contributed by atoms with Crippen LogP contribution in [0, 0.1) is 17.2 Å². The predicted octanol–water partition coefficient (Wildman–Crippen LogP) is 0.921. The van der Waals surface area contributed by atoms with Gasteiger partial charge in [0.25, 0.3) is 0 Å². The molecule has 1 aromatic rings. The van der Waals surface area contributed by atoms with E-state index >= 15 is 0 Å². The average Bonchev–Trinajstić information content (AvgIpc) is 2.45. The smallest absolute Gasteiger partial charge is 0.239 e. The Morgan fingerprint density at radius 1 is 1.55 bits per heavy atom. The minimum absolute atomic E-state index is 0.0364. The van der Waals surface area contributed by atoms with E-state index in [9.17, 15) is 13.5 Å². The maximum atomic E-state index is 11.2. The standard InChI is InChI=1S/C14H19N3O4S/c1-14(18)4-2-10(3-5-14)9-21-13-11(7-15)6-12(8-17-13)22(16,19)20/h6,8,10,18H,2-5,9H2,1H3,(H2,16,19,20). The summed E-state index contributed by atoms with van der Waals surface area (Å²) in [6, 6.07) is 3.02. The Bertz CT molecular complexity index is 685. The first-order valence-electron chi connectivity index (χ1n) is 6.99. The van der Waals surface area contributed by atoms with E-state index in [1.165, 1.54) is 0 Å². The van der Waals surface area contributed by atoms with Crippen molar-refractivity contribution < 1.29 is 18.3 Å². The van der Waals surface area contributed by atoms with Crippen molar-refractivity contribution in [1.29, 1.82) is 5.26 Å². The number of aromatic nitrogens is 1. The molecule has 0 aromatic carbocycles. The zero-order chi connectivity index (χ0) is 16.4. The molecule has 0 amide bonds. The summed E-state index contributed by atoms with van der Waals surface area (Å²) in [5, 5.41) is 24.0. The predicted molar refractivity (Wildman–Crippen MR) is 78.4 cm³/mol. The van der Waals surface area contributed by atoms with Gasteiger partial charge < -0.3 is 9.84 Å². The van der Waals surface area contributed by atoms with Crippen molar-refractivity contribution in [3.8, 4) is 11.9 Å². The van der Waals surface area contributed by atoms with Crippen LogP contribution < -0.4 is 9.88 Å². The van der Waals surface area contributed by atoms with Crippen molar-refractivity contribution in [2.45, 2.75) is 43.1 Å². The number of nitrogens with zero attached hydrogens (tertiary/aromatic N) is 2. The first-order chi connectivity index (χ1) is 10.2. The second-order valence-electron chi connectivity index (χ2n) is 5.93. The van der Waals surface area contributed by atoms with E-state index in [0.717, 1.165) is 25.1 Å². The molecule has 0 atom stereocenters. The average molecular weight is 325 g/mol. The molecular weight excluding hydrogens is 306 g/mol. The molecule has 1 aromatic heterocycles. The molecule has 120 valence electrons.